The van der Waals surface area contributed by atoms with E-state index in [1.54, 1.807) is 0 Å². The van der Waals surface area contributed by atoms with Crippen molar-refractivity contribution in [2.24, 2.45) is 0 Å². The predicted molar refractivity (Wildman–Crippen MR) is 71.1 cm³/mol. The molecule has 2 N–H and O–H groups in total. The summed E-state index contributed by atoms with van der Waals surface area (Å²) < 4.78 is 14.0. The molecule has 1 atom stereocenters. The molecule has 0 bridgehead atoms. The molecule has 1 aromatic rings. The van der Waals surface area contributed by atoms with E-state index in [4.69, 9.17) is 0 Å². The molecular weight excluding hydrogens is 265 g/mol. The molecule has 1 saturated heterocycles. The van der Waals surface area contributed by atoms with Crippen LogP contribution in [0.15, 0.2) is 12.1 Å². The first-order chi connectivity index (χ1) is 9.32. The second-order valence-corrected chi connectivity index (χ2v) is 5.32. The highest BCUT2D eigenvalue weighted by atomic mass is 19.1. The van der Waals surface area contributed by atoms with Crippen LogP contribution in [-0.4, -0.2) is 29.5 Å². The van der Waals surface area contributed by atoms with Gasteiger partial charge in [-0.2, -0.15) is 0 Å². The third kappa shape index (κ3) is 2.77. The number of amides is 1. The number of hydrogen-bond acceptors (Lipinski definition) is 4. The van der Waals surface area contributed by atoms with Gasteiger partial charge in [0.15, 0.2) is 0 Å². The van der Waals surface area contributed by atoms with Crippen LogP contribution in [0, 0.1) is 22.9 Å². The first kappa shape index (κ1) is 14.4. The van der Waals surface area contributed by atoms with Gasteiger partial charge in [0.05, 0.1) is 16.0 Å². The first-order valence-electron chi connectivity index (χ1n) is 6.30. The highest BCUT2D eigenvalue weighted by Gasteiger charge is 2.31. The van der Waals surface area contributed by atoms with Gasteiger partial charge in [0, 0.05) is 18.7 Å². The predicted octanol–water partition coefficient (Wildman–Crippen LogP) is 1.52. The maximum atomic E-state index is 14.0. The summed E-state index contributed by atoms with van der Waals surface area (Å²) in [5, 5.41) is 16.6. The van der Waals surface area contributed by atoms with Crippen LogP contribution in [0.1, 0.15) is 29.3 Å². The Labute approximate surface area is 115 Å². The van der Waals surface area contributed by atoms with Gasteiger partial charge >= 0.3 is 0 Å². The summed E-state index contributed by atoms with van der Waals surface area (Å²) in [5.41, 5.74) is -0.949. The molecule has 0 radical (unpaired) electrons. The lowest BCUT2D eigenvalue weighted by atomic mass is 10.00. The maximum Gasteiger partial charge on any atom is 0.270 e. The van der Waals surface area contributed by atoms with E-state index in [0.29, 0.717) is 6.54 Å². The van der Waals surface area contributed by atoms with Gasteiger partial charge in [-0.25, -0.2) is 4.39 Å². The van der Waals surface area contributed by atoms with Gasteiger partial charge < -0.3 is 10.6 Å². The Morgan fingerprint density at radius 3 is 2.80 bits per heavy atom. The molecule has 1 heterocycles. The number of carbonyl (C=O) groups is 1. The highest BCUT2D eigenvalue weighted by Crippen LogP contribution is 2.22. The van der Waals surface area contributed by atoms with Gasteiger partial charge in [0.1, 0.15) is 5.82 Å². The summed E-state index contributed by atoms with van der Waals surface area (Å²) in [6.45, 7) is 4.62. The Morgan fingerprint density at radius 1 is 1.55 bits per heavy atom. The molecule has 0 aromatic heterocycles. The summed E-state index contributed by atoms with van der Waals surface area (Å²) >= 11 is 0. The maximum absolute atomic E-state index is 14.0. The van der Waals surface area contributed by atoms with Gasteiger partial charge in [0.2, 0.25) is 0 Å². The van der Waals surface area contributed by atoms with Gasteiger partial charge in [-0.05, 0) is 32.4 Å². The first-order valence-corrected chi connectivity index (χ1v) is 6.30. The van der Waals surface area contributed by atoms with E-state index in [0.717, 1.165) is 25.1 Å². The molecule has 1 amide bonds. The minimum Gasteiger partial charge on any atom is -0.345 e. The van der Waals surface area contributed by atoms with Crippen LogP contribution in [-0.2, 0) is 0 Å². The average Bonchev–Trinajstić information content (AvgIpc) is 2.78. The summed E-state index contributed by atoms with van der Waals surface area (Å²) in [6.07, 6.45) is 0.730. The number of nitro benzene ring substituents is 1. The van der Waals surface area contributed by atoms with E-state index >= 15 is 0 Å². The lowest BCUT2D eigenvalue weighted by Gasteiger charge is -2.24. The Bertz CT molecular complexity index is 568. The zero-order chi connectivity index (χ0) is 14.9. The monoisotopic (exact) mass is 281 g/mol. The normalized spacial score (nSPS) is 21.8. The van der Waals surface area contributed by atoms with Crippen molar-refractivity contribution >= 4 is 11.6 Å². The van der Waals surface area contributed by atoms with E-state index in [9.17, 15) is 19.3 Å². The number of non-ortho nitro benzene ring substituents is 1. The van der Waals surface area contributed by atoms with Gasteiger partial charge in [-0.15, -0.1) is 0 Å². The fraction of sp³-hybridized carbons (Fsp3) is 0.462. The molecule has 7 heteroatoms. The molecule has 1 fully saturated rings. The Hall–Kier alpha value is -2.02. The standard InChI is InChI=1S/C13H16FN3O3/c1-8-5-9(17(19)20)6-10(11(8)14)12(18)16-13(2)3-4-15-7-13/h5-6,15H,3-4,7H2,1-2H3,(H,16,18). The van der Waals surface area contributed by atoms with Crippen LogP contribution < -0.4 is 10.6 Å². The third-order valence-electron chi connectivity index (χ3n) is 3.48. The lowest BCUT2D eigenvalue weighted by Crippen LogP contribution is -2.47. The fourth-order valence-electron chi connectivity index (χ4n) is 2.29. The van der Waals surface area contributed by atoms with Gasteiger partial charge in [-0.1, -0.05) is 0 Å². The number of nitrogens with one attached hydrogen (secondary N) is 2. The van der Waals surface area contributed by atoms with E-state index < -0.39 is 22.2 Å². The number of hydrogen-bond donors (Lipinski definition) is 2. The van der Waals surface area contributed by atoms with Crippen molar-refractivity contribution in [3.8, 4) is 0 Å². The van der Waals surface area contributed by atoms with E-state index in [1.807, 2.05) is 6.92 Å². The molecule has 2 rings (SSSR count). The molecule has 1 unspecified atom stereocenters. The number of aryl methyl sites for hydroxylation is 1. The fourth-order valence-corrected chi connectivity index (χ4v) is 2.29. The average molecular weight is 281 g/mol. The van der Waals surface area contributed by atoms with Crippen molar-refractivity contribution in [3.63, 3.8) is 0 Å². The number of halogens is 1. The van der Waals surface area contributed by atoms with Crippen molar-refractivity contribution < 1.29 is 14.1 Å². The molecule has 0 spiro atoms. The zero-order valence-corrected chi connectivity index (χ0v) is 11.3. The second kappa shape index (κ2) is 5.16. The second-order valence-electron chi connectivity index (χ2n) is 5.32. The van der Waals surface area contributed by atoms with Gasteiger partial charge in [0.25, 0.3) is 11.6 Å². The van der Waals surface area contributed by atoms with E-state index in [1.165, 1.54) is 6.92 Å². The molecule has 6 nitrogen and oxygen atoms in total. The van der Waals surface area contributed by atoms with Gasteiger partial charge in [-0.3, -0.25) is 14.9 Å². The van der Waals surface area contributed by atoms with Crippen LogP contribution in [0.2, 0.25) is 0 Å². The van der Waals surface area contributed by atoms with Crippen LogP contribution in [0.5, 0.6) is 0 Å². The Morgan fingerprint density at radius 2 is 2.25 bits per heavy atom. The van der Waals surface area contributed by atoms with Crippen molar-refractivity contribution in [1.82, 2.24) is 10.6 Å². The van der Waals surface area contributed by atoms with Crippen LogP contribution in [0.4, 0.5) is 10.1 Å². The molecule has 108 valence electrons. The van der Waals surface area contributed by atoms with Crippen LogP contribution in [0.25, 0.3) is 0 Å². The Kier molecular flexibility index (Phi) is 3.71. The highest BCUT2D eigenvalue weighted by molar-refractivity contribution is 5.96. The van der Waals surface area contributed by atoms with Crippen molar-refractivity contribution in [3.05, 3.63) is 39.2 Å². The van der Waals surface area contributed by atoms with Crippen LogP contribution >= 0.6 is 0 Å². The number of benzene rings is 1. The largest absolute Gasteiger partial charge is 0.345 e. The molecule has 1 aliphatic rings. The number of carbonyl (C=O) groups excluding carboxylic acids is 1. The number of nitrogens with zero attached hydrogens (tertiary/aromatic N) is 1. The minimum atomic E-state index is -0.720. The molecule has 1 aliphatic heterocycles. The summed E-state index contributed by atoms with van der Waals surface area (Å²) in [7, 11) is 0. The molecule has 0 aliphatic carbocycles. The number of rotatable bonds is 3. The third-order valence-corrected chi connectivity index (χ3v) is 3.48. The molecule has 1 aromatic carbocycles. The van der Waals surface area contributed by atoms with Crippen molar-refractivity contribution in [2.75, 3.05) is 13.1 Å². The number of nitro groups is 1. The zero-order valence-electron chi connectivity index (χ0n) is 11.3. The SMILES string of the molecule is Cc1cc([N+](=O)[O-])cc(C(=O)NC2(C)CCNC2)c1F. The molecule has 0 saturated carbocycles. The summed E-state index contributed by atoms with van der Waals surface area (Å²) in [5.74, 6) is -1.34. The summed E-state index contributed by atoms with van der Waals surface area (Å²) in [4.78, 5) is 22.3. The summed E-state index contributed by atoms with van der Waals surface area (Å²) in [6, 6.07) is 2.09. The smallest absolute Gasteiger partial charge is 0.270 e. The van der Waals surface area contributed by atoms with E-state index in [-0.39, 0.29) is 16.8 Å². The molecular formula is C13H16FN3O3. The quantitative estimate of drug-likeness (QED) is 0.650. The Balaban J connectivity index is 2.31. The van der Waals surface area contributed by atoms with Crippen molar-refractivity contribution in [1.29, 1.82) is 0 Å². The van der Waals surface area contributed by atoms with Crippen molar-refractivity contribution in [2.45, 2.75) is 25.8 Å². The minimum absolute atomic E-state index is 0.0825. The lowest BCUT2D eigenvalue weighted by molar-refractivity contribution is -0.385. The van der Waals surface area contributed by atoms with Crippen LogP contribution in [0.3, 0.4) is 0 Å². The topological polar surface area (TPSA) is 84.3 Å². The molecule has 20 heavy (non-hydrogen) atoms. The van der Waals surface area contributed by atoms with E-state index in [2.05, 4.69) is 10.6 Å².